The van der Waals surface area contributed by atoms with E-state index in [1.165, 1.54) is 16.7 Å². The summed E-state index contributed by atoms with van der Waals surface area (Å²) >= 11 is 0. The zero-order chi connectivity index (χ0) is 19.4. The minimum Gasteiger partial charge on any atom is -0.364 e. The molecule has 3 aromatic rings. The van der Waals surface area contributed by atoms with Gasteiger partial charge in [-0.05, 0) is 48.9 Å². The molecule has 2 heterocycles. The van der Waals surface area contributed by atoms with E-state index < -0.39 is 0 Å². The number of carbonyl (C=O) groups excluding carboxylic acids is 1. The van der Waals surface area contributed by atoms with Gasteiger partial charge in [0.25, 0.3) is 0 Å². The molecule has 0 unspecified atom stereocenters. The second-order valence-electron chi connectivity index (χ2n) is 6.94. The van der Waals surface area contributed by atoms with Crippen molar-refractivity contribution >= 4 is 23.0 Å². The standard InChI is InChI=1S/C23H29N3O/c1-5-13-26-16(4)21(15-27)19-11-12-24-23(22(19)26)25-14-20-17(6-2)9-8-10-18(20)7-3/h8-12,15H,5-7,13-14H2,1-4H3,(H,24,25). The van der Waals surface area contributed by atoms with Crippen LogP contribution in [0.15, 0.2) is 30.5 Å². The molecule has 0 saturated carbocycles. The van der Waals surface area contributed by atoms with Gasteiger partial charge >= 0.3 is 0 Å². The lowest BCUT2D eigenvalue weighted by molar-refractivity contribution is 0.112. The van der Waals surface area contributed by atoms with Crippen LogP contribution in [-0.4, -0.2) is 15.8 Å². The number of aldehydes is 1. The van der Waals surface area contributed by atoms with Gasteiger partial charge in [-0.1, -0.05) is 39.0 Å². The molecule has 0 amide bonds. The van der Waals surface area contributed by atoms with Gasteiger partial charge in [0.2, 0.25) is 0 Å². The molecule has 0 spiro atoms. The second kappa shape index (κ2) is 8.38. The molecule has 142 valence electrons. The summed E-state index contributed by atoms with van der Waals surface area (Å²) in [5.41, 5.74) is 6.94. The van der Waals surface area contributed by atoms with Crippen molar-refractivity contribution in [2.24, 2.45) is 0 Å². The fourth-order valence-electron chi connectivity index (χ4n) is 3.98. The molecule has 0 aliphatic carbocycles. The van der Waals surface area contributed by atoms with E-state index in [9.17, 15) is 4.79 Å². The topological polar surface area (TPSA) is 46.9 Å². The fourth-order valence-corrected chi connectivity index (χ4v) is 3.98. The van der Waals surface area contributed by atoms with Crippen molar-refractivity contribution in [3.63, 3.8) is 0 Å². The molecule has 1 N–H and O–H groups in total. The van der Waals surface area contributed by atoms with Crippen molar-refractivity contribution in [1.29, 1.82) is 0 Å². The first-order valence-corrected chi connectivity index (χ1v) is 9.92. The molecule has 2 aromatic heterocycles. The van der Waals surface area contributed by atoms with E-state index in [1.54, 1.807) is 6.20 Å². The van der Waals surface area contributed by atoms with Crippen LogP contribution in [0.5, 0.6) is 0 Å². The van der Waals surface area contributed by atoms with Crippen LogP contribution in [0.4, 0.5) is 5.82 Å². The van der Waals surface area contributed by atoms with E-state index in [0.717, 1.165) is 66.6 Å². The first-order valence-electron chi connectivity index (χ1n) is 9.92. The van der Waals surface area contributed by atoms with E-state index in [2.05, 4.69) is 53.8 Å². The zero-order valence-electron chi connectivity index (χ0n) is 16.8. The molecule has 4 heteroatoms. The maximum absolute atomic E-state index is 11.7. The smallest absolute Gasteiger partial charge is 0.152 e. The Morgan fingerprint density at radius 3 is 2.41 bits per heavy atom. The van der Waals surface area contributed by atoms with Gasteiger partial charge in [-0.2, -0.15) is 0 Å². The minimum absolute atomic E-state index is 0.742. The summed E-state index contributed by atoms with van der Waals surface area (Å²) < 4.78 is 2.22. The number of carbonyl (C=O) groups is 1. The third-order valence-corrected chi connectivity index (χ3v) is 5.41. The van der Waals surface area contributed by atoms with Crippen molar-refractivity contribution < 1.29 is 4.79 Å². The largest absolute Gasteiger partial charge is 0.364 e. The average molecular weight is 364 g/mol. The van der Waals surface area contributed by atoms with Crippen LogP contribution >= 0.6 is 0 Å². The highest BCUT2D eigenvalue weighted by Crippen LogP contribution is 2.30. The van der Waals surface area contributed by atoms with Crippen LogP contribution < -0.4 is 5.32 Å². The maximum atomic E-state index is 11.7. The number of hydrogen-bond acceptors (Lipinski definition) is 3. The Hall–Kier alpha value is -2.62. The number of fused-ring (bicyclic) bond motifs is 1. The number of nitrogens with zero attached hydrogens (tertiary/aromatic N) is 2. The van der Waals surface area contributed by atoms with E-state index in [1.807, 2.05) is 13.0 Å². The normalized spacial score (nSPS) is 11.1. The van der Waals surface area contributed by atoms with Crippen LogP contribution in [0.2, 0.25) is 0 Å². The maximum Gasteiger partial charge on any atom is 0.152 e. The first kappa shape index (κ1) is 19.2. The van der Waals surface area contributed by atoms with Crippen molar-refractivity contribution in [1.82, 2.24) is 9.55 Å². The number of aromatic nitrogens is 2. The van der Waals surface area contributed by atoms with Crippen molar-refractivity contribution in [3.05, 3.63) is 58.4 Å². The Bertz CT molecular complexity index is 934. The molecule has 0 fully saturated rings. The van der Waals surface area contributed by atoms with E-state index in [0.29, 0.717) is 0 Å². The molecule has 0 aliphatic rings. The number of aryl methyl sites for hydroxylation is 3. The summed E-state index contributed by atoms with van der Waals surface area (Å²) in [6.45, 7) is 10.2. The fraction of sp³-hybridized carbons (Fsp3) is 0.391. The lowest BCUT2D eigenvalue weighted by Crippen LogP contribution is -2.09. The third kappa shape index (κ3) is 3.48. The number of hydrogen-bond donors (Lipinski definition) is 1. The number of benzene rings is 1. The third-order valence-electron chi connectivity index (χ3n) is 5.41. The van der Waals surface area contributed by atoms with Crippen molar-refractivity contribution in [2.75, 3.05) is 5.32 Å². The Morgan fingerprint density at radius 1 is 1.11 bits per heavy atom. The number of nitrogens with one attached hydrogen (secondary N) is 1. The highest BCUT2D eigenvalue weighted by atomic mass is 16.1. The minimum atomic E-state index is 0.742. The molecule has 0 atom stereocenters. The van der Waals surface area contributed by atoms with E-state index in [-0.39, 0.29) is 0 Å². The van der Waals surface area contributed by atoms with Crippen LogP contribution in [0.1, 0.15) is 59.9 Å². The molecule has 0 bridgehead atoms. The highest BCUT2D eigenvalue weighted by Gasteiger charge is 2.17. The van der Waals surface area contributed by atoms with Gasteiger partial charge in [-0.25, -0.2) is 4.98 Å². The van der Waals surface area contributed by atoms with Gasteiger partial charge in [0, 0.05) is 35.9 Å². The van der Waals surface area contributed by atoms with Gasteiger partial charge < -0.3 is 9.88 Å². The Morgan fingerprint density at radius 2 is 1.81 bits per heavy atom. The molecule has 27 heavy (non-hydrogen) atoms. The van der Waals surface area contributed by atoms with Gasteiger partial charge in [-0.15, -0.1) is 0 Å². The molecule has 0 radical (unpaired) electrons. The van der Waals surface area contributed by atoms with Crippen LogP contribution in [0, 0.1) is 6.92 Å². The second-order valence-corrected chi connectivity index (χ2v) is 6.94. The summed E-state index contributed by atoms with van der Waals surface area (Å²) in [6, 6.07) is 8.50. The predicted molar refractivity (Wildman–Crippen MR) is 113 cm³/mol. The van der Waals surface area contributed by atoms with Gasteiger partial charge in [-0.3, -0.25) is 4.79 Å². The van der Waals surface area contributed by atoms with Crippen LogP contribution in [0.3, 0.4) is 0 Å². The van der Waals surface area contributed by atoms with Gasteiger partial charge in [0.1, 0.15) is 0 Å². The summed E-state index contributed by atoms with van der Waals surface area (Å²) in [7, 11) is 0. The molecule has 1 aromatic carbocycles. The van der Waals surface area contributed by atoms with Gasteiger partial charge in [0.15, 0.2) is 12.1 Å². The van der Waals surface area contributed by atoms with Gasteiger partial charge in [0.05, 0.1) is 5.52 Å². The van der Waals surface area contributed by atoms with Crippen LogP contribution in [-0.2, 0) is 25.9 Å². The number of anilines is 1. The van der Waals surface area contributed by atoms with Crippen molar-refractivity contribution in [3.8, 4) is 0 Å². The molecule has 3 rings (SSSR count). The Labute approximate surface area is 161 Å². The summed E-state index contributed by atoms with van der Waals surface area (Å²) in [6.07, 6.45) is 5.80. The monoisotopic (exact) mass is 363 g/mol. The Balaban J connectivity index is 2.05. The summed E-state index contributed by atoms with van der Waals surface area (Å²) in [4.78, 5) is 16.3. The zero-order valence-corrected chi connectivity index (χ0v) is 16.8. The molecule has 4 nitrogen and oxygen atoms in total. The molecular weight excluding hydrogens is 334 g/mol. The van der Waals surface area contributed by atoms with Crippen molar-refractivity contribution in [2.45, 2.75) is 60.0 Å². The average Bonchev–Trinajstić information content (AvgIpc) is 2.97. The lowest BCUT2D eigenvalue weighted by atomic mass is 9.97. The molecule has 0 aliphatic heterocycles. The number of pyridine rings is 1. The van der Waals surface area contributed by atoms with E-state index in [4.69, 9.17) is 0 Å². The summed E-state index contributed by atoms with van der Waals surface area (Å²) in [5, 5.41) is 4.55. The Kier molecular flexibility index (Phi) is 5.94. The summed E-state index contributed by atoms with van der Waals surface area (Å²) in [5.74, 6) is 0.852. The SMILES string of the molecule is CCCn1c(C)c(C=O)c2ccnc(NCc3c(CC)cccc3CC)c21. The highest BCUT2D eigenvalue weighted by molar-refractivity contribution is 6.03. The molecule has 0 saturated heterocycles. The van der Waals surface area contributed by atoms with E-state index >= 15 is 0 Å². The quantitative estimate of drug-likeness (QED) is 0.552. The predicted octanol–water partition coefficient (Wildman–Crippen LogP) is 5.30. The first-order chi connectivity index (χ1) is 13.2. The lowest BCUT2D eigenvalue weighted by Gasteiger charge is -2.16. The number of rotatable bonds is 8. The molecular formula is C23H29N3O. The van der Waals surface area contributed by atoms with Crippen LogP contribution in [0.25, 0.3) is 10.9 Å².